The molecule has 1 aliphatic rings. The molecule has 1 saturated heterocycles. The summed E-state index contributed by atoms with van der Waals surface area (Å²) in [6.07, 6.45) is -5.38. The summed E-state index contributed by atoms with van der Waals surface area (Å²) >= 11 is 8.21. The number of rotatable bonds is 10. The summed E-state index contributed by atoms with van der Waals surface area (Å²) in [6.45, 7) is 4.43. The Hall–Kier alpha value is -4.26. The van der Waals surface area contributed by atoms with Crippen LogP contribution in [0.5, 0.6) is 0 Å². The molecule has 1 aromatic heterocycles. The zero-order valence-electron chi connectivity index (χ0n) is 25.9. The van der Waals surface area contributed by atoms with Crippen LogP contribution in [-0.2, 0) is 49.3 Å². The summed E-state index contributed by atoms with van der Waals surface area (Å²) in [6, 6.07) is 16.5. The summed E-state index contributed by atoms with van der Waals surface area (Å²) in [5.74, 6) is -2.85. The number of carbonyl (C=O) groups is 5. The molecule has 4 rings (SSSR count). The molecule has 0 aliphatic carbocycles. The van der Waals surface area contributed by atoms with E-state index < -0.39 is 54.4 Å². The molecule has 1 fully saturated rings. The summed E-state index contributed by atoms with van der Waals surface area (Å²) in [5.41, 5.74) is 2.81. The molecule has 0 saturated carbocycles. The van der Waals surface area contributed by atoms with E-state index in [1.54, 1.807) is 48.7 Å². The van der Waals surface area contributed by atoms with Crippen molar-refractivity contribution in [1.82, 2.24) is 5.32 Å². The number of hydrogen-bond acceptors (Lipinski definition) is 11. The van der Waals surface area contributed by atoms with Crippen LogP contribution in [0.25, 0.3) is 10.4 Å². The van der Waals surface area contributed by atoms with Crippen LogP contribution in [0.4, 0.5) is 0 Å². The van der Waals surface area contributed by atoms with E-state index in [-0.39, 0.29) is 12.5 Å². The maximum Gasteiger partial charge on any atom is 0.303 e. The number of hydrogen-bond donors (Lipinski definition) is 1. The van der Waals surface area contributed by atoms with Gasteiger partial charge in [-0.15, -0.1) is 11.3 Å². The molecule has 1 N–H and O–H groups in total. The molecule has 0 bridgehead atoms. The van der Waals surface area contributed by atoms with Crippen molar-refractivity contribution in [3.63, 3.8) is 0 Å². The predicted molar refractivity (Wildman–Crippen MR) is 168 cm³/mol. The third-order valence-electron chi connectivity index (χ3n) is 7.07. The van der Waals surface area contributed by atoms with Gasteiger partial charge in [-0.05, 0) is 47.0 Å². The van der Waals surface area contributed by atoms with Gasteiger partial charge in [-0.25, -0.2) is 0 Å². The Labute approximate surface area is 275 Å². The topological polar surface area (TPSA) is 144 Å². The standard InChI is InChI=1S/C33H34ClNO10S/c1-17(36)41-16-27-30(42-18(2)37)32(44-20(4)39)31(43-19(3)38)29(45-27)23-10-12-26(34)24(14-23)15-25-11-13-28(46-25)21-6-8-22(9-7-21)33(40)35-5/h6-14,27,29-32H,15-16H2,1-5H3,(H,35,40)/t27-,29+,30-,31+,32+/m1/s1. The minimum absolute atomic E-state index is 0.162. The summed E-state index contributed by atoms with van der Waals surface area (Å²) in [7, 11) is 1.58. The molecular formula is C33H34ClNO10S. The van der Waals surface area contributed by atoms with Gasteiger partial charge in [-0.1, -0.05) is 35.9 Å². The van der Waals surface area contributed by atoms with Crippen molar-refractivity contribution in [2.24, 2.45) is 0 Å². The highest BCUT2D eigenvalue weighted by molar-refractivity contribution is 7.15. The normalized spacial score (nSPS) is 20.7. The summed E-state index contributed by atoms with van der Waals surface area (Å²) in [5, 5.41) is 3.09. The zero-order chi connectivity index (χ0) is 33.5. The number of ether oxygens (including phenoxy) is 5. The van der Waals surface area contributed by atoms with E-state index in [1.807, 2.05) is 24.3 Å². The Balaban J connectivity index is 1.67. The SMILES string of the molecule is CNC(=O)c1ccc(-c2ccc(Cc3cc([C@@H]4O[C@H](COC(C)=O)[C@@H](OC(C)=O)[C@H](OC(C)=O)[C@H]4OC(C)=O)ccc3Cl)s2)cc1. The molecule has 0 radical (unpaired) electrons. The quantitative estimate of drug-likeness (QED) is 0.235. The van der Waals surface area contributed by atoms with Crippen LogP contribution in [0.15, 0.2) is 54.6 Å². The van der Waals surface area contributed by atoms with Gasteiger partial charge in [0.1, 0.15) is 18.8 Å². The van der Waals surface area contributed by atoms with Gasteiger partial charge in [0.05, 0.1) is 0 Å². The highest BCUT2D eigenvalue weighted by Gasteiger charge is 2.52. The highest BCUT2D eigenvalue weighted by Crippen LogP contribution is 2.39. The fourth-order valence-corrected chi connectivity index (χ4v) is 6.37. The van der Waals surface area contributed by atoms with Crippen LogP contribution in [0.1, 0.15) is 60.2 Å². The second-order valence-electron chi connectivity index (χ2n) is 10.6. The van der Waals surface area contributed by atoms with E-state index >= 15 is 0 Å². The fraction of sp³-hybridized carbons (Fsp3) is 0.364. The molecule has 0 spiro atoms. The van der Waals surface area contributed by atoms with E-state index in [0.717, 1.165) is 20.9 Å². The molecule has 1 amide bonds. The zero-order valence-corrected chi connectivity index (χ0v) is 27.4. The molecule has 46 heavy (non-hydrogen) atoms. The summed E-state index contributed by atoms with van der Waals surface area (Å²) in [4.78, 5) is 62.1. The van der Waals surface area contributed by atoms with Crippen LogP contribution < -0.4 is 5.32 Å². The van der Waals surface area contributed by atoms with Crippen molar-refractivity contribution < 1.29 is 47.7 Å². The molecule has 0 unspecified atom stereocenters. The Morgan fingerprint density at radius 2 is 1.43 bits per heavy atom. The lowest BCUT2D eigenvalue weighted by atomic mass is 9.89. The second-order valence-corrected chi connectivity index (χ2v) is 12.1. The first kappa shape index (κ1) is 34.6. The minimum atomic E-state index is -1.28. The van der Waals surface area contributed by atoms with Gasteiger partial charge in [0.15, 0.2) is 18.3 Å². The van der Waals surface area contributed by atoms with Crippen molar-refractivity contribution in [3.05, 3.63) is 81.2 Å². The number of nitrogens with one attached hydrogen (secondary N) is 1. The Kier molecular flexibility index (Phi) is 11.5. The molecule has 244 valence electrons. The average molecular weight is 672 g/mol. The van der Waals surface area contributed by atoms with Crippen LogP contribution in [0, 0.1) is 0 Å². The maximum atomic E-state index is 12.3. The molecule has 3 aromatic rings. The largest absolute Gasteiger partial charge is 0.463 e. The van der Waals surface area contributed by atoms with Crippen molar-refractivity contribution in [1.29, 1.82) is 0 Å². The Morgan fingerprint density at radius 3 is 2.04 bits per heavy atom. The molecule has 13 heteroatoms. The van der Waals surface area contributed by atoms with Gasteiger partial charge < -0.3 is 29.0 Å². The monoisotopic (exact) mass is 671 g/mol. The summed E-state index contributed by atoms with van der Waals surface area (Å²) < 4.78 is 28.2. The molecule has 2 heterocycles. The first-order chi connectivity index (χ1) is 21.9. The number of amides is 1. The number of halogens is 1. The minimum Gasteiger partial charge on any atom is -0.463 e. The lowest BCUT2D eigenvalue weighted by Gasteiger charge is -2.44. The van der Waals surface area contributed by atoms with Crippen LogP contribution in [-0.4, -0.2) is 67.9 Å². The lowest BCUT2D eigenvalue weighted by molar-refractivity contribution is -0.254. The third kappa shape index (κ3) is 8.71. The van der Waals surface area contributed by atoms with Gasteiger partial charge in [0.2, 0.25) is 0 Å². The van der Waals surface area contributed by atoms with E-state index in [2.05, 4.69) is 5.32 Å². The van der Waals surface area contributed by atoms with E-state index in [4.69, 9.17) is 35.3 Å². The molecule has 2 aromatic carbocycles. The maximum absolute atomic E-state index is 12.3. The van der Waals surface area contributed by atoms with Gasteiger partial charge in [-0.2, -0.15) is 0 Å². The Bertz CT molecular complexity index is 1600. The predicted octanol–water partition coefficient (Wildman–Crippen LogP) is 4.82. The second kappa shape index (κ2) is 15.4. The molecule has 11 nitrogen and oxygen atoms in total. The van der Waals surface area contributed by atoms with E-state index in [9.17, 15) is 24.0 Å². The fourth-order valence-electron chi connectivity index (χ4n) is 5.15. The number of thiophene rings is 1. The highest BCUT2D eigenvalue weighted by atomic mass is 35.5. The van der Waals surface area contributed by atoms with E-state index in [1.165, 1.54) is 27.7 Å². The molecule has 1 aliphatic heterocycles. The first-order valence-corrected chi connectivity index (χ1v) is 15.6. The van der Waals surface area contributed by atoms with Gasteiger partial charge >= 0.3 is 23.9 Å². The van der Waals surface area contributed by atoms with E-state index in [0.29, 0.717) is 22.6 Å². The van der Waals surface area contributed by atoms with Gasteiger partial charge in [-0.3, -0.25) is 24.0 Å². The molecular weight excluding hydrogens is 638 g/mol. The van der Waals surface area contributed by atoms with Crippen LogP contribution in [0.2, 0.25) is 5.02 Å². The van der Waals surface area contributed by atoms with Crippen molar-refractivity contribution >= 4 is 52.7 Å². The van der Waals surface area contributed by atoms with Crippen molar-refractivity contribution in [3.8, 4) is 10.4 Å². The van der Waals surface area contributed by atoms with Crippen LogP contribution >= 0.6 is 22.9 Å². The third-order valence-corrected chi connectivity index (χ3v) is 8.58. The van der Waals surface area contributed by atoms with Gasteiger partial charge in [0, 0.05) is 61.5 Å². The number of benzene rings is 2. The van der Waals surface area contributed by atoms with Gasteiger partial charge in [0.25, 0.3) is 5.91 Å². The number of carbonyl (C=O) groups excluding carboxylic acids is 5. The average Bonchev–Trinajstić information content (AvgIpc) is 3.47. The van der Waals surface area contributed by atoms with Crippen molar-refractivity contribution in [2.75, 3.05) is 13.7 Å². The lowest BCUT2D eigenvalue weighted by Crippen LogP contribution is -2.59. The number of esters is 4. The Morgan fingerprint density at radius 1 is 0.804 bits per heavy atom. The first-order valence-electron chi connectivity index (χ1n) is 14.4. The van der Waals surface area contributed by atoms with Crippen molar-refractivity contribution in [2.45, 2.75) is 64.6 Å². The molecule has 5 atom stereocenters. The smallest absolute Gasteiger partial charge is 0.303 e. The van der Waals surface area contributed by atoms with Crippen LogP contribution in [0.3, 0.4) is 0 Å².